The maximum Gasteiger partial charge on any atom is 0.309 e. The Balaban J connectivity index is 1.35. The van der Waals surface area contributed by atoms with Gasteiger partial charge in [0.25, 0.3) is 0 Å². The summed E-state index contributed by atoms with van der Waals surface area (Å²) in [5.74, 6) is 1.51. The predicted octanol–water partition coefficient (Wildman–Crippen LogP) is 7.16. The number of rotatable bonds is 8. The van der Waals surface area contributed by atoms with Crippen LogP contribution in [0, 0.1) is 50.7 Å². The molecular weight excluding hydrogens is 524 g/mol. The van der Waals surface area contributed by atoms with Crippen molar-refractivity contribution < 1.29 is 19.4 Å². The average molecular weight is 587 g/mol. The molecule has 0 amide bonds. The number of carbonyl (C=O) groups excluding carboxylic acids is 1. The molecule has 5 saturated carbocycles. The fraction of sp³-hybridized carbons (Fsp3) is 0.944. The van der Waals surface area contributed by atoms with Crippen LogP contribution in [0.4, 0.5) is 0 Å². The zero-order valence-electron chi connectivity index (χ0n) is 28.4. The molecule has 6 nitrogen and oxygen atoms in total. The quantitative estimate of drug-likeness (QED) is 0.294. The molecule has 5 rings (SSSR count). The van der Waals surface area contributed by atoms with Gasteiger partial charge in [0.15, 0.2) is 0 Å². The molecule has 0 aliphatic heterocycles. The van der Waals surface area contributed by atoms with Crippen LogP contribution in [0.1, 0.15) is 126 Å². The van der Waals surface area contributed by atoms with Crippen LogP contribution in [0.5, 0.6) is 0 Å². The Labute approximate surface area is 256 Å². The van der Waals surface area contributed by atoms with E-state index in [1.165, 1.54) is 57.8 Å². The molecule has 42 heavy (non-hydrogen) atoms. The number of aliphatic carboxylic acids is 1. The van der Waals surface area contributed by atoms with E-state index < -0.39 is 11.4 Å². The first kappa shape index (κ1) is 32.3. The topological polar surface area (TPSA) is 78.9 Å². The first-order valence-electron chi connectivity index (χ1n) is 17.3. The largest absolute Gasteiger partial charge is 0.481 e. The van der Waals surface area contributed by atoms with Crippen molar-refractivity contribution in [2.45, 2.75) is 137 Å². The van der Waals surface area contributed by atoms with Crippen LogP contribution in [0.2, 0.25) is 0 Å². The van der Waals surface area contributed by atoms with E-state index in [2.05, 4.69) is 58.9 Å². The highest BCUT2D eigenvalue weighted by molar-refractivity contribution is 5.81. The van der Waals surface area contributed by atoms with Gasteiger partial charge in [0.1, 0.15) is 6.10 Å². The van der Waals surface area contributed by atoms with Crippen LogP contribution >= 0.6 is 0 Å². The van der Waals surface area contributed by atoms with E-state index in [0.717, 1.165) is 37.8 Å². The van der Waals surface area contributed by atoms with Gasteiger partial charge in [-0.05, 0) is 132 Å². The molecule has 5 aliphatic rings. The highest BCUT2D eigenvalue weighted by Gasteiger charge is 2.70. The van der Waals surface area contributed by atoms with Gasteiger partial charge in [0, 0.05) is 24.0 Å². The van der Waals surface area contributed by atoms with E-state index in [4.69, 9.17) is 4.74 Å². The van der Waals surface area contributed by atoms with Gasteiger partial charge in [-0.3, -0.25) is 9.59 Å². The molecule has 5 fully saturated rings. The van der Waals surface area contributed by atoms with E-state index in [0.29, 0.717) is 28.2 Å². The molecule has 0 bridgehead atoms. The van der Waals surface area contributed by atoms with Crippen LogP contribution in [-0.4, -0.2) is 60.8 Å². The van der Waals surface area contributed by atoms with Crippen molar-refractivity contribution in [3.63, 3.8) is 0 Å². The second kappa shape index (κ2) is 10.7. The summed E-state index contributed by atoms with van der Waals surface area (Å²) in [6, 6.07) is 0. The van der Waals surface area contributed by atoms with Crippen molar-refractivity contribution in [1.29, 1.82) is 0 Å². The summed E-state index contributed by atoms with van der Waals surface area (Å²) in [6.07, 6.45) is 13.7. The van der Waals surface area contributed by atoms with Crippen LogP contribution in [0.25, 0.3) is 0 Å². The highest BCUT2D eigenvalue weighted by atomic mass is 16.5. The molecule has 0 saturated heterocycles. The zero-order valence-corrected chi connectivity index (χ0v) is 28.4. The summed E-state index contributed by atoms with van der Waals surface area (Å²) in [6.45, 7) is 18.1. The third-order valence-corrected chi connectivity index (χ3v) is 14.8. The number of ether oxygens (including phenoxy) is 1. The second-order valence-electron chi connectivity index (χ2n) is 17.8. The number of nitrogens with zero attached hydrogens (tertiary/aromatic N) is 1. The van der Waals surface area contributed by atoms with Gasteiger partial charge < -0.3 is 20.1 Å². The normalized spacial score (nSPS) is 44.5. The number of carboxylic acid groups (broad SMARTS) is 1. The molecule has 9 atom stereocenters. The van der Waals surface area contributed by atoms with E-state index in [1.807, 2.05) is 0 Å². The van der Waals surface area contributed by atoms with Crippen molar-refractivity contribution >= 4 is 11.9 Å². The summed E-state index contributed by atoms with van der Waals surface area (Å²) in [7, 11) is 4.36. The standard InChI is InChI=1S/C36H62N2O4/c1-31(2,30(40)41)23-29(39)42-28-15-17-33(5)26(32(28,3)4)14-18-35(7)27(33)13-12-24-25-11-10-16-36(25,20-19-34(24,35)6)37-21-22-38(8)9/h24-28,37H,10-23H2,1-9H3,(H,40,41)/t24?,25-,26?,27?,28?,33?,34-,35?,36?/m1/s1. The van der Waals surface area contributed by atoms with Crippen molar-refractivity contribution in [3.8, 4) is 0 Å². The number of nitrogens with one attached hydrogen (secondary N) is 1. The van der Waals surface area contributed by atoms with Gasteiger partial charge in [-0.1, -0.05) is 41.0 Å². The number of esters is 1. The fourth-order valence-corrected chi connectivity index (χ4v) is 12.2. The lowest BCUT2D eigenvalue weighted by Gasteiger charge is -2.72. The molecular formula is C36H62N2O4. The maximum absolute atomic E-state index is 13.0. The number of fused-ring (bicyclic) bond motifs is 7. The Morgan fingerprint density at radius 2 is 1.57 bits per heavy atom. The average Bonchev–Trinajstić information content (AvgIpc) is 3.30. The minimum absolute atomic E-state index is 0.0794. The van der Waals surface area contributed by atoms with E-state index in [1.54, 1.807) is 13.8 Å². The molecule has 0 radical (unpaired) electrons. The van der Waals surface area contributed by atoms with E-state index in [9.17, 15) is 14.7 Å². The van der Waals surface area contributed by atoms with Crippen LogP contribution in [0.3, 0.4) is 0 Å². The molecule has 7 unspecified atom stereocenters. The number of hydrogen-bond acceptors (Lipinski definition) is 5. The van der Waals surface area contributed by atoms with Crippen LogP contribution in [-0.2, 0) is 14.3 Å². The van der Waals surface area contributed by atoms with Crippen molar-refractivity contribution in [2.75, 3.05) is 27.2 Å². The number of hydrogen-bond donors (Lipinski definition) is 2. The third kappa shape index (κ3) is 4.88. The predicted molar refractivity (Wildman–Crippen MR) is 168 cm³/mol. The molecule has 0 aromatic heterocycles. The second-order valence-corrected chi connectivity index (χ2v) is 17.8. The smallest absolute Gasteiger partial charge is 0.309 e. The molecule has 0 spiro atoms. The number of likely N-dealkylation sites (N-methyl/N-ethyl adjacent to an activating group) is 1. The summed E-state index contributed by atoms with van der Waals surface area (Å²) >= 11 is 0. The Morgan fingerprint density at radius 1 is 0.857 bits per heavy atom. The summed E-state index contributed by atoms with van der Waals surface area (Å²) in [4.78, 5) is 26.9. The molecule has 240 valence electrons. The summed E-state index contributed by atoms with van der Waals surface area (Å²) in [5.41, 5.74) is 0.0697. The Kier molecular flexibility index (Phi) is 8.25. The van der Waals surface area contributed by atoms with E-state index in [-0.39, 0.29) is 29.3 Å². The maximum atomic E-state index is 13.0. The van der Waals surface area contributed by atoms with Crippen LogP contribution in [0.15, 0.2) is 0 Å². The third-order valence-electron chi connectivity index (χ3n) is 14.8. The SMILES string of the molecule is CN(C)CCNC12CCC[C@@H]1C1CCC3C4(C)CCC(OC(=O)CC(C)(C)C(=O)O)C(C)(C)C4CCC3(C)[C@]1(C)CC2. The van der Waals surface area contributed by atoms with Crippen molar-refractivity contribution in [3.05, 3.63) is 0 Å². The Bertz CT molecular complexity index is 1050. The first-order chi connectivity index (χ1) is 19.4. The van der Waals surface area contributed by atoms with E-state index >= 15 is 0 Å². The lowest BCUT2D eigenvalue weighted by molar-refractivity contribution is -0.245. The molecule has 0 aromatic rings. The minimum atomic E-state index is -1.11. The monoisotopic (exact) mass is 586 g/mol. The molecule has 0 heterocycles. The first-order valence-corrected chi connectivity index (χ1v) is 17.3. The molecule has 6 heteroatoms. The lowest BCUT2D eigenvalue weighted by atomic mass is 9.33. The van der Waals surface area contributed by atoms with Gasteiger partial charge in [0.05, 0.1) is 11.8 Å². The van der Waals surface area contributed by atoms with Gasteiger partial charge in [0.2, 0.25) is 0 Å². The van der Waals surface area contributed by atoms with Gasteiger partial charge in [-0.15, -0.1) is 0 Å². The van der Waals surface area contributed by atoms with Crippen LogP contribution < -0.4 is 5.32 Å². The highest BCUT2D eigenvalue weighted by Crippen LogP contribution is 2.76. The van der Waals surface area contributed by atoms with Gasteiger partial charge in [-0.2, -0.15) is 0 Å². The van der Waals surface area contributed by atoms with Gasteiger partial charge in [-0.25, -0.2) is 0 Å². The summed E-state index contributed by atoms with van der Waals surface area (Å²) < 4.78 is 6.15. The fourth-order valence-electron chi connectivity index (χ4n) is 12.2. The zero-order chi connectivity index (χ0) is 30.9. The number of carbonyl (C=O) groups is 2. The summed E-state index contributed by atoms with van der Waals surface area (Å²) in [5, 5.41) is 13.7. The van der Waals surface area contributed by atoms with Crippen molar-refractivity contribution in [1.82, 2.24) is 10.2 Å². The lowest BCUT2D eigenvalue weighted by Crippen LogP contribution is -2.68. The molecule has 5 aliphatic carbocycles. The molecule has 0 aromatic carbocycles. The number of carboxylic acids is 1. The molecule has 2 N–H and O–H groups in total. The minimum Gasteiger partial charge on any atom is -0.481 e. The Morgan fingerprint density at radius 3 is 2.24 bits per heavy atom. The van der Waals surface area contributed by atoms with Crippen molar-refractivity contribution in [2.24, 2.45) is 50.7 Å². The Hall–Kier alpha value is -1.14. The van der Waals surface area contributed by atoms with Gasteiger partial charge >= 0.3 is 11.9 Å².